The lowest BCUT2D eigenvalue weighted by Gasteiger charge is -2.07. The second-order valence-electron chi connectivity index (χ2n) is 3.67. The molecule has 0 aromatic heterocycles. The van der Waals surface area contributed by atoms with Gasteiger partial charge in [0.25, 0.3) is 0 Å². The maximum Gasteiger partial charge on any atom is 0.117 e. The van der Waals surface area contributed by atoms with Gasteiger partial charge in [-0.1, -0.05) is 24.3 Å². The molecule has 0 unspecified atom stereocenters. The lowest BCUT2D eigenvalue weighted by Crippen LogP contribution is -2.11. The Morgan fingerprint density at radius 2 is 2.11 bits per heavy atom. The minimum atomic E-state index is 0.543. The predicted octanol–water partition coefficient (Wildman–Crippen LogP) is 3.20. The molecule has 0 aliphatic heterocycles. The number of nitrogens with one attached hydrogen (secondary N) is 2. The number of rotatable bonds is 7. The van der Waals surface area contributed by atoms with Crippen molar-refractivity contribution in [2.75, 3.05) is 13.6 Å². The molecule has 0 aliphatic rings. The van der Waals surface area contributed by atoms with Gasteiger partial charge >= 0.3 is 0 Å². The van der Waals surface area contributed by atoms with Crippen LogP contribution in [0.15, 0.2) is 46.8 Å². The Bertz CT molecular complexity index is 411. The van der Waals surface area contributed by atoms with Gasteiger partial charge in [0, 0.05) is 30.7 Å². The van der Waals surface area contributed by atoms with E-state index in [0.29, 0.717) is 17.2 Å². The summed E-state index contributed by atoms with van der Waals surface area (Å²) < 4.78 is 0. The summed E-state index contributed by atoms with van der Waals surface area (Å²) in [5.41, 5.74) is 2.56. The minimum absolute atomic E-state index is 0.543. The van der Waals surface area contributed by atoms with Gasteiger partial charge in [-0.25, -0.2) is 0 Å². The molecule has 0 saturated carbocycles. The lowest BCUT2D eigenvalue weighted by atomic mass is 10.1. The van der Waals surface area contributed by atoms with E-state index in [9.17, 15) is 0 Å². The molecule has 3 nitrogen and oxygen atoms in total. The highest BCUT2D eigenvalue weighted by Crippen LogP contribution is 2.16. The van der Waals surface area contributed by atoms with Crippen LogP contribution in [0.5, 0.6) is 0 Å². The Morgan fingerprint density at radius 3 is 2.56 bits per heavy atom. The Hall–Kier alpha value is -1.66. The van der Waals surface area contributed by atoms with E-state index in [1.54, 1.807) is 12.2 Å². The van der Waals surface area contributed by atoms with Gasteiger partial charge < -0.3 is 10.6 Å². The first-order valence-electron chi connectivity index (χ1n) is 5.79. The van der Waals surface area contributed by atoms with E-state index in [4.69, 9.17) is 16.9 Å². The molecular formula is C14H20ClN3. The summed E-state index contributed by atoms with van der Waals surface area (Å²) in [6.45, 7) is 8.26. The Balaban J connectivity index is 4.89. The number of nitrogens with zero attached hydrogens (tertiary/aromatic N) is 1. The fourth-order valence-corrected chi connectivity index (χ4v) is 1.35. The zero-order valence-corrected chi connectivity index (χ0v) is 11.9. The molecule has 0 rings (SSSR count). The number of hydrogen-bond acceptors (Lipinski definition) is 3. The van der Waals surface area contributed by atoms with Crippen LogP contribution in [0.1, 0.15) is 20.3 Å². The van der Waals surface area contributed by atoms with Crippen molar-refractivity contribution < 1.29 is 0 Å². The number of halogens is 1. The van der Waals surface area contributed by atoms with Crippen LogP contribution in [0.3, 0.4) is 0 Å². The molecule has 0 aliphatic carbocycles. The van der Waals surface area contributed by atoms with Crippen molar-refractivity contribution in [3.05, 3.63) is 46.8 Å². The average Bonchev–Trinajstić information content (AvgIpc) is 2.40. The first-order chi connectivity index (χ1) is 8.58. The zero-order chi connectivity index (χ0) is 14.0. The van der Waals surface area contributed by atoms with Crippen molar-refractivity contribution >= 4 is 11.6 Å². The molecule has 98 valence electrons. The molecule has 0 aromatic rings. The van der Waals surface area contributed by atoms with Gasteiger partial charge in [0.2, 0.25) is 0 Å². The van der Waals surface area contributed by atoms with Crippen LogP contribution in [0.25, 0.3) is 0 Å². The molecule has 0 aromatic carbocycles. The Kier molecular flexibility index (Phi) is 8.51. The van der Waals surface area contributed by atoms with E-state index in [0.717, 1.165) is 17.8 Å². The molecule has 4 heteroatoms. The first-order valence-corrected chi connectivity index (χ1v) is 6.17. The van der Waals surface area contributed by atoms with Gasteiger partial charge in [0.1, 0.15) is 11.8 Å². The van der Waals surface area contributed by atoms with Crippen LogP contribution in [0.2, 0.25) is 0 Å². The van der Waals surface area contributed by atoms with E-state index in [1.165, 1.54) is 0 Å². The Labute approximate surface area is 115 Å². The second-order valence-corrected chi connectivity index (χ2v) is 4.08. The number of hydrogen-bond donors (Lipinski definition) is 2. The molecule has 2 N–H and O–H groups in total. The zero-order valence-electron chi connectivity index (χ0n) is 11.2. The second kappa shape index (κ2) is 9.38. The van der Waals surface area contributed by atoms with Gasteiger partial charge in [0.05, 0.1) is 0 Å². The molecule has 0 radical (unpaired) electrons. The van der Waals surface area contributed by atoms with E-state index in [1.807, 2.05) is 27.0 Å². The third-order valence-electron chi connectivity index (χ3n) is 2.30. The Morgan fingerprint density at radius 1 is 1.44 bits per heavy atom. The molecule has 0 bridgehead atoms. The monoisotopic (exact) mass is 265 g/mol. The van der Waals surface area contributed by atoms with Crippen molar-refractivity contribution in [2.24, 2.45) is 0 Å². The molecule has 0 fully saturated rings. The van der Waals surface area contributed by atoms with Crippen LogP contribution < -0.4 is 10.6 Å². The lowest BCUT2D eigenvalue weighted by molar-refractivity contribution is 0.878. The fraction of sp³-hybridized carbons (Fsp3) is 0.357. The van der Waals surface area contributed by atoms with Gasteiger partial charge in [-0.15, -0.1) is 0 Å². The van der Waals surface area contributed by atoms with Crippen molar-refractivity contribution in [1.82, 2.24) is 10.6 Å². The average molecular weight is 266 g/mol. The molecule has 0 spiro atoms. The summed E-state index contributed by atoms with van der Waals surface area (Å²) in [6.07, 6.45) is 5.95. The van der Waals surface area contributed by atoms with E-state index >= 15 is 0 Å². The number of allylic oxidation sites excluding steroid dienone is 6. The summed E-state index contributed by atoms with van der Waals surface area (Å²) in [5.74, 6) is 0. The van der Waals surface area contributed by atoms with Crippen molar-refractivity contribution in [2.45, 2.75) is 20.3 Å². The van der Waals surface area contributed by atoms with Gasteiger partial charge in [-0.05, 0) is 31.6 Å². The third kappa shape index (κ3) is 6.17. The molecule has 18 heavy (non-hydrogen) atoms. The van der Waals surface area contributed by atoms with Crippen LogP contribution in [-0.2, 0) is 0 Å². The van der Waals surface area contributed by atoms with E-state index in [2.05, 4.69) is 23.3 Å². The third-order valence-corrected chi connectivity index (χ3v) is 2.78. The minimum Gasteiger partial charge on any atom is -0.391 e. The summed E-state index contributed by atoms with van der Waals surface area (Å²) in [4.78, 5) is 0. The van der Waals surface area contributed by atoms with Crippen molar-refractivity contribution in [1.29, 1.82) is 5.26 Å². The van der Waals surface area contributed by atoms with Crippen LogP contribution in [0, 0.1) is 11.3 Å². The molecule has 0 amide bonds. The summed E-state index contributed by atoms with van der Waals surface area (Å²) in [6, 6.07) is 2.09. The standard InChI is InChI=1S/C14H20ClN3/c1-5-14(15)11(3)9-12(17-4)7-8-13(10-16)18-6-2/h5,7-8,17-18H,1,6,9H2,2-4H3/b12-7+,13-8-,14-11+. The SMILES string of the molecule is C=C/C(Cl)=C(/C)C/C(=C\C=C(\C#N)NCC)NC. The maximum atomic E-state index is 8.88. The number of nitriles is 1. The van der Waals surface area contributed by atoms with Crippen LogP contribution in [0.4, 0.5) is 0 Å². The van der Waals surface area contributed by atoms with Crippen molar-refractivity contribution in [3.63, 3.8) is 0 Å². The molecule has 0 heterocycles. The fourth-order valence-electron chi connectivity index (χ4n) is 1.29. The highest BCUT2D eigenvalue weighted by atomic mass is 35.5. The largest absolute Gasteiger partial charge is 0.391 e. The normalized spacial score (nSPS) is 13.5. The quantitative estimate of drug-likeness (QED) is 0.549. The smallest absolute Gasteiger partial charge is 0.117 e. The summed E-state index contributed by atoms with van der Waals surface area (Å²) in [5, 5.41) is 15.6. The van der Waals surface area contributed by atoms with E-state index < -0.39 is 0 Å². The molecule has 0 atom stereocenters. The van der Waals surface area contributed by atoms with Gasteiger partial charge in [-0.3, -0.25) is 0 Å². The molecular weight excluding hydrogens is 246 g/mol. The van der Waals surface area contributed by atoms with Crippen LogP contribution in [-0.4, -0.2) is 13.6 Å². The summed E-state index contributed by atoms with van der Waals surface area (Å²) in [7, 11) is 1.84. The van der Waals surface area contributed by atoms with Crippen molar-refractivity contribution in [3.8, 4) is 6.07 Å². The van der Waals surface area contributed by atoms with Gasteiger partial charge in [0.15, 0.2) is 0 Å². The highest BCUT2D eigenvalue weighted by Gasteiger charge is 1.99. The van der Waals surface area contributed by atoms with E-state index in [-0.39, 0.29) is 0 Å². The first kappa shape index (κ1) is 16.3. The predicted molar refractivity (Wildman–Crippen MR) is 77.9 cm³/mol. The van der Waals surface area contributed by atoms with Crippen LogP contribution >= 0.6 is 11.6 Å². The topological polar surface area (TPSA) is 47.9 Å². The van der Waals surface area contributed by atoms with Gasteiger partial charge in [-0.2, -0.15) is 5.26 Å². The molecule has 0 saturated heterocycles. The maximum absolute atomic E-state index is 8.88. The summed E-state index contributed by atoms with van der Waals surface area (Å²) >= 11 is 5.98. The highest BCUT2D eigenvalue weighted by molar-refractivity contribution is 6.31.